The maximum Gasteiger partial charge on any atom is 0.270 e. The summed E-state index contributed by atoms with van der Waals surface area (Å²) in [4.78, 5) is 32.2. The van der Waals surface area contributed by atoms with Crippen molar-refractivity contribution in [1.82, 2.24) is 14.8 Å². The van der Waals surface area contributed by atoms with Crippen molar-refractivity contribution in [3.8, 4) is 11.5 Å². The van der Waals surface area contributed by atoms with Gasteiger partial charge in [-0.05, 0) is 31.0 Å². The van der Waals surface area contributed by atoms with Crippen LogP contribution in [-0.2, 0) is 9.53 Å². The lowest BCUT2D eigenvalue weighted by atomic mass is 10.2. The lowest BCUT2D eigenvalue weighted by Gasteiger charge is -2.35. The van der Waals surface area contributed by atoms with Crippen LogP contribution in [-0.4, -0.2) is 79.7 Å². The van der Waals surface area contributed by atoms with Crippen molar-refractivity contribution >= 4 is 22.7 Å². The largest absolute Gasteiger partial charge is 0.496 e. The first-order valence-electron chi connectivity index (χ1n) is 9.55. The monoisotopic (exact) mass is 387 g/mol. The summed E-state index contributed by atoms with van der Waals surface area (Å²) in [7, 11) is 3.19. The standard InChI is InChI=1S/C20H25N3O5/c1-26-15-5-6-16(27-2)18-13(15)12-14(21-18)19(24)22-7-9-23(10-8-22)20(25)17-4-3-11-28-17/h5-6,12,17,21H,3-4,7-11H2,1-2H3/t17-/m0/s1. The number of ether oxygens (including phenoxy) is 3. The highest BCUT2D eigenvalue weighted by atomic mass is 16.5. The van der Waals surface area contributed by atoms with Crippen molar-refractivity contribution < 1.29 is 23.8 Å². The predicted octanol–water partition coefficient (Wildman–Crippen LogP) is 1.65. The summed E-state index contributed by atoms with van der Waals surface area (Å²) in [6.07, 6.45) is 1.41. The molecule has 2 aliphatic heterocycles. The highest BCUT2D eigenvalue weighted by Gasteiger charge is 2.32. The normalized spacial score (nSPS) is 19.9. The van der Waals surface area contributed by atoms with Gasteiger partial charge >= 0.3 is 0 Å². The first-order chi connectivity index (χ1) is 13.6. The molecule has 2 saturated heterocycles. The second kappa shape index (κ2) is 7.71. The number of hydrogen-bond acceptors (Lipinski definition) is 5. The van der Waals surface area contributed by atoms with Crippen LogP contribution in [0.5, 0.6) is 11.5 Å². The molecule has 8 nitrogen and oxygen atoms in total. The van der Waals surface area contributed by atoms with Crippen LogP contribution >= 0.6 is 0 Å². The summed E-state index contributed by atoms with van der Waals surface area (Å²) in [6, 6.07) is 5.42. The number of amides is 2. The average molecular weight is 387 g/mol. The molecular formula is C20H25N3O5. The number of carbonyl (C=O) groups excluding carboxylic acids is 2. The molecule has 8 heteroatoms. The van der Waals surface area contributed by atoms with Gasteiger partial charge in [0.2, 0.25) is 0 Å². The second-order valence-corrected chi connectivity index (χ2v) is 7.06. The van der Waals surface area contributed by atoms with E-state index < -0.39 is 0 Å². The molecule has 0 aliphatic carbocycles. The maximum absolute atomic E-state index is 13.0. The SMILES string of the molecule is COc1ccc(OC)c2[nH]c(C(=O)N3CCN(C(=O)[C@@H]4CCCO4)CC3)cc12. The van der Waals surface area contributed by atoms with Gasteiger partial charge in [-0.15, -0.1) is 0 Å². The minimum Gasteiger partial charge on any atom is -0.496 e. The number of H-pyrrole nitrogens is 1. The molecule has 0 spiro atoms. The fourth-order valence-corrected chi connectivity index (χ4v) is 3.91. The average Bonchev–Trinajstić information content (AvgIpc) is 3.42. The zero-order chi connectivity index (χ0) is 19.7. The number of methoxy groups -OCH3 is 2. The molecule has 2 amide bonds. The zero-order valence-electron chi connectivity index (χ0n) is 16.2. The molecule has 2 fully saturated rings. The Bertz CT molecular complexity index is 838. The van der Waals surface area contributed by atoms with Crippen LogP contribution in [0.4, 0.5) is 0 Å². The lowest BCUT2D eigenvalue weighted by molar-refractivity contribution is -0.142. The molecule has 4 rings (SSSR count). The van der Waals surface area contributed by atoms with Gasteiger partial charge < -0.3 is 29.0 Å². The van der Waals surface area contributed by atoms with E-state index in [-0.39, 0.29) is 17.9 Å². The Kier molecular flexibility index (Phi) is 5.13. The van der Waals surface area contributed by atoms with Gasteiger partial charge in [0.15, 0.2) is 0 Å². The molecule has 2 aromatic rings. The van der Waals surface area contributed by atoms with Crippen molar-refractivity contribution in [3.05, 3.63) is 23.9 Å². The number of nitrogens with one attached hydrogen (secondary N) is 1. The van der Waals surface area contributed by atoms with Gasteiger partial charge in [0.1, 0.15) is 23.3 Å². The summed E-state index contributed by atoms with van der Waals surface area (Å²) < 4.78 is 16.3. The predicted molar refractivity (Wildman–Crippen MR) is 103 cm³/mol. The van der Waals surface area contributed by atoms with E-state index in [0.717, 1.165) is 23.7 Å². The molecule has 28 heavy (non-hydrogen) atoms. The van der Waals surface area contributed by atoms with Crippen LogP contribution in [0.3, 0.4) is 0 Å². The van der Waals surface area contributed by atoms with Gasteiger partial charge in [0, 0.05) is 38.2 Å². The highest BCUT2D eigenvalue weighted by molar-refractivity contribution is 6.01. The molecule has 0 unspecified atom stereocenters. The van der Waals surface area contributed by atoms with E-state index in [1.54, 1.807) is 36.2 Å². The van der Waals surface area contributed by atoms with Crippen LogP contribution in [0.25, 0.3) is 10.9 Å². The van der Waals surface area contributed by atoms with E-state index in [1.165, 1.54) is 0 Å². The number of piperazine rings is 1. The molecule has 1 aromatic carbocycles. The van der Waals surface area contributed by atoms with Crippen LogP contribution < -0.4 is 9.47 Å². The molecule has 0 bridgehead atoms. The van der Waals surface area contributed by atoms with Crippen molar-refractivity contribution in [2.75, 3.05) is 47.0 Å². The smallest absolute Gasteiger partial charge is 0.270 e. The van der Waals surface area contributed by atoms with E-state index in [9.17, 15) is 9.59 Å². The third kappa shape index (κ3) is 3.28. The summed E-state index contributed by atoms with van der Waals surface area (Å²) >= 11 is 0. The maximum atomic E-state index is 13.0. The number of aromatic amines is 1. The Labute approximate surface area is 163 Å². The fraction of sp³-hybridized carbons (Fsp3) is 0.500. The number of hydrogen-bond donors (Lipinski definition) is 1. The van der Waals surface area contributed by atoms with Crippen molar-refractivity contribution in [2.24, 2.45) is 0 Å². The van der Waals surface area contributed by atoms with E-state index in [2.05, 4.69) is 4.98 Å². The van der Waals surface area contributed by atoms with Crippen molar-refractivity contribution in [1.29, 1.82) is 0 Å². The van der Waals surface area contributed by atoms with E-state index in [0.29, 0.717) is 50.0 Å². The van der Waals surface area contributed by atoms with Crippen LogP contribution in [0, 0.1) is 0 Å². The first-order valence-corrected chi connectivity index (χ1v) is 9.55. The minimum absolute atomic E-state index is 0.0460. The van der Waals surface area contributed by atoms with Gasteiger partial charge in [0.05, 0.1) is 19.7 Å². The molecule has 1 N–H and O–H groups in total. The molecule has 150 valence electrons. The number of aromatic nitrogens is 1. The second-order valence-electron chi connectivity index (χ2n) is 7.06. The third-order valence-corrected chi connectivity index (χ3v) is 5.47. The molecular weight excluding hydrogens is 362 g/mol. The lowest BCUT2D eigenvalue weighted by Crippen LogP contribution is -2.52. The van der Waals surface area contributed by atoms with Crippen LogP contribution in [0.15, 0.2) is 18.2 Å². The Morgan fingerprint density at radius 3 is 2.39 bits per heavy atom. The minimum atomic E-state index is -0.309. The number of benzene rings is 1. The number of fused-ring (bicyclic) bond motifs is 1. The summed E-state index contributed by atoms with van der Waals surface area (Å²) in [6.45, 7) is 2.71. The van der Waals surface area contributed by atoms with Gasteiger partial charge in [-0.1, -0.05) is 0 Å². The van der Waals surface area contributed by atoms with E-state index in [1.807, 2.05) is 6.07 Å². The van der Waals surface area contributed by atoms with Crippen LogP contribution in [0.2, 0.25) is 0 Å². The summed E-state index contributed by atoms with van der Waals surface area (Å²) in [5.74, 6) is 1.29. The number of carbonyl (C=O) groups is 2. The fourth-order valence-electron chi connectivity index (χ4n) is 3.91. The van der Waals surface area contributed by atoms with Gasteiger partial charge in [0.25, 0.3) is 11.8 Å². The molecule has 0 radical (unpaired) electrons. The highest BCUT2D eigenvalue weighted by Crippen LogP contribution is 2.33. The Hall–Kier alpha value is -2.74. The molecule has 1 aromatic heterocycles. The third-order valence-electron chi connectivity index (χ3n) is 5.47. The van der Waals surface area contributed by atoms with Gasteiger partial charge in [-0.25, -0.2) is 0 Å². The molecule has 2 aliphatic rings. The van der Waals surface area contributed by atoms with Crippen LogP contribution in [0.1, 0.15) is 23.3 Å². The number of rotatable bonds is 4. The van der Waals surface area contributed by atoms with Crippen molar-refractivity contribution in [2.45, 2.75) is 18.9 Å². The molecule has 1 atom stereocenters. The van der Waals surface area contributed by atoms with Gasteiger partial charge in [-0.2, -0.15) is 0 Å². The van der Waals surface area contributed by atoms with Crippen molar-refractivity contribution in [3.63, 3.8) is 0 Å². The quantitative estimate of drug-likeness (QED) is 0.862. The molecule has 3 heterocycles. The molecule has 0 saturated carbocycles. The topological polar surface area (TPSA) is 84.1 Å². The summed E-state index contributed by atoms with van der Waals surface area (Å²) in [5.41, 5.74) is 1.22. The first kappa shape index (κ1) is 18.6. The summed E-state index contributed by atoms with van der Waals surface area (Å²) in [5, 5.41) is 0.803. The van der Waals surface area contributed by atoms with Gasteiger partial charge in [-0.3, -0.25) is 9.59 Å². The number of nitrogens with zero attached hydrogens (tertiary/aromatic N) is 2. The van der Waals surface area contributed by atoms with E-state index in [4.69, 9.17) is 14.2 Å². The Balaban J connectivity index is 1.47. The zero-order valence-corrected chi connectivity index (χ0v) is 16.2. The Morgan fingerprint density at radius 1 is 1.07 bits per heavy atom. The Morgan fingerprint density at radius 2 is 1.75 bits per heavy atom. The van der Waals surface area contributed by atoms with E-state index >= 15 is 0 Å².